The highest BCUT2D eigenvalue weighted by Crippen LogP contribution is 2.36. The molecule has 1 rings (SSSR count). The molecule has 0 amide bonds. The number of pyridine rings is 1. The number of alkyl halides is 3. The molecule has 0 bridgehead atoms. The summed E-state index contributed by atoms with van der Waals surface area (Å²) in [5, 5.41) is 10.3. The fourth-order valence-corrected chi connectivity index (χ4v) is 1.84. The smallest absolute Gasteiger partial charge is 0.358 e. The lowest BCUT2D eigenvalue weighted by molar-refractivity contribution is -0.391. The van der Waals surface area contributed by atoms with Crippen molar-refractivity contribution in [2.24, 2.45) is 0 Å². The summed E-state index contributed by atoms with van der Waals surface area (Å²) >= 11 is 8.61. The van der Waals surface area contributed by atoms with Crippen molar-refractivity contribution in [3.63, 3.8) is 0 Å². The molecule has 1 heterocycles. The van der Waals surface area contributed by atoms with Gasteiger partial charge in [-0.05, 0) is 9.91 Å². The molecule has 0 fully saturated rings. The Hall–Kier alpha value is -0.820. The van der Waals surface area contributed by atoms with E-state index in [0.717, 1.165) is 6.20 Å². The molecule has 82 valence electrons. The number of hydrogen-bond acceptors (Lipinski definition) is 3. The molecule has 8 heteroatoms. The number of nitro groups is 1. The SMILES string of the molecule is O=[N+]([O-])c1ncc(CBr)c(Cl)c1C(F)F. The van der Waals surface area contributed by atoms with Crippen molar-refractivity contribution in [1.29, 1.82) is 0 Å². The van der Waals surface area contributed by atoms with Gasteiger partial charge in [-0.15, -0.1) is 0 Å². The van der Waals surface area contributed by atoms with Gasteiger partial charge in [-0.25, -0.2) is 8.78 Å². The first-order valence-electron chi connectivity index (χ1n) is 3.64. The Morgan fingerprint density at radius 3 is 2.67 bits per heavy atom. The summed E-state index contributed by atoms with van der Waals surface area (Å²) in [5.74, 6) is -0.903. The molecule has 0 aliphatic rings. The molecule has 0 atom stereocenters. The van der Waals surface area contributed by atoms with Crippen LogP contribution < -0.4 is 0 Å². The zero-order chi connectivity index (χ0) is 11.6. The third-order valence-corrected chi connectivity index (χ3v) is 2.69. The van der Waals surface area contributed by atoms with Gasteiger partial charge in [-0.2, -0.15) is 0 Å². The summed E-state index contributed by atoms with van der Waals surface area (Å²) in [7, 11) is 0. The second-order valence-electron chi connectivity index (χ2n) is 2.53. The number of hydrogen-bond donors (Lipinski definition) is 0. The largest absolute Gasteiger partial charge is 0.373 e. The molecule has 1 aromatic heterocycles. The lowest BCUT2D eigenvalue weighted by Crippen LogP contribution is -2.02. The van der Waals surface area contributed by atoms with Gasteiger partial charge in [-0.1, -0.05) is 27.5 Å². The van der Waals surface area contributed by atoms with Gasteiger partial charge < -0.3 is 10.1 Å². The Labute approximate surface area is 96.5 Å². The van der Waals surface area contributed by atoms with Crippen molar-refractivity contribution in [3.8, 4) is 0 Å². The summed E-state index contributed by atoms with van der Waals surface area (Å²) in [5.41, 5.74) is -0.545. The summed E-state index contributed by atoms with van der Waals surface area (Å²) < 4.78 is 25.0. The molecule has 0 aliphatic carbocycles. The van der Waals surface area contributed by atoms with E-state index in [0.29, 0.717) is 0 Å². The van der Waals surface area contributed by atoms with Crippen LogP contribution in [0.25, 0.3) is 0 Å². The quantitative estimate of drug-likeness (QED) is 0.488. The van der Waals surface area contributed by atoms with Crippen LogP contribution in [0.1, 0.15) is 17.6 Å². The molecular weight excluding hydrogens is 297 g/mol. The number of aromatic nitrogens is 1. The maximum absolute atomic E-state index is 12.5. The van der Waals surface area contributed by atoms with E-state index in [9.17, 15) is 18.9 Å². The summed E-state index contributed by atoms with van der Waals surface area (Å²) in [6.45, 7) is 0. The molecule has 0 radical (unpaired) electrons. The molecule has 0 aliphatic heterocycles. The molecule has 0 spiro atoms. The Balaban J connectivity index is 3.44. The van der Waals surface area contributed by atoms with Crippen molar-refractivity contribution in [1.82, 2.24) is 4.98 Å². The lowest BCUT2D eigenvalue weighted by atomic mass is 10.2. The minimum absolute atomic E-state index is 0.205. The van der Waals surface area contributed by atoms with Crippen molar-refractivity contribution in [3.05, 3.63) is 32.5 Å². The van der Waals surface area contributed by atoms with Crippen LogP contribution in [0.2, 0.25) is 5.02 Å². The van der Waals surface area contributed by atoms with Gasteiger partial charge in [0.2, 0.25) is 0 Å². The van der Waals surface area contributed by atoms with Crippen LogP contribution in [-0.2, 0) is 5.33 Å². The topological polar surface area (TPSA) is 56.0 Å². The van der Waals surface area contributed by atoms with E-state index in [1.165, 1.54) is 0 Å². The molecule has 0 saturated heterocycles. The van der Waals surface area contributed by atoms with E-state index in [2.05, 4.69) is 20.9 Å². The highest BCUT2D eigenvalue weighted by atomic mass is 79.9. The monoisotopic (exact) mass is 300 g/mol. The summed E-state index contributed by atoms with van der Waals surface area (Å²) in [6.07, 6.45) is -1.93. The second-order valence-corrected chi connectivity index (χ2v) is 3.46. The molecule has 15 heavy (non-hydrogen) atoms. The Morgan fingerprint density at radius 1 is 1.67 bits per heavy atom. The van der Waals surface area contributed by atoms with Crippen molar-refractivity contribution in [2.75, 3.05) is 0 Å². The van der Waals surface area contributed by atoms with Gasteiger partial charge >= 0.3 is 5.82 Å². The number of nitrogens with zero attached hydrogens (tertiary/aromatic N) is 2. The summed E-state index contributed by atoms with van der Waals surface area (Å²) in [4.78, 5) is 12.8. The maximum Gasteiger partial charge on any atom is 0.373 e. The highest BCUT2D eigenvalue weighted by molar-refractivity contribution is 9.08. The van der Waals surface area contributed by atoms with E-state index in [1.807, 2.05) is 0 Å². The van der Waals surface area contributed by atoms with E-state index < -0.39 is 22.7 Å². The van der Waals surface area contributed by atoms with Crippen LogP contribution in [0.3, 0.4) is 0 Å². The predicted molar refractivity (Wildman–Crippen MR) is 53.5 cm³/mol. The average Bonchev–Trinajstić information content (AvgIpc) is 2.16. The Morgan fingerprint density at radius 2 is 2.27 bits per heavy atom. The number of rotatable bonds is 3. The standard InChI is InChI=1S/C7H4BrClF2N2O2/c8-1-3-2-12-7(13(14)15)4(5(3)9)6(10)11/h2,6H,1H2. The molecular formula is C7H4BrClF2N2O2. The normalized spacial score (nSPS) is 10.7. The number of halogens is 4. The molecule has 1 aromatic rings. The van der Waals surface area contributed by atoms with Crippen LogP contribution in [0.5, 0.6) is 0 Å². The van der Waals surface area contributed by atoms with E-state index in [1.54, 1.807) is 0 Å². The van der Waals surface area contributed by atoms with E-state index >= 15 is 0 Å². The van der Waals surface area contributed by atoms with Crippen LogP contribution in [0.15, 0.2) is 6.20 Å². The average molecular weight is 301 g/mol. The first kappa shape index (κ1) is 12.3. The van der Waals surface area contributed by atoms with Crippen molar-refractivity contribution < 1.29 is 13.7 Å². The molecule has 4 nitrogen and oxygen atoms in total. The minimum atomic E-state index is -3.02. The van der Waals surface area contributed by atoms with Gasteiger partial charge in [0, 0.05) is 10.9 Å². The maximum atomic E-state index is 12.5. The predicted octanol–water partition coefficient (Wildman–Crippen LogP) is 3.48. The highest BCUT2D eigenvalue weighted by Gasteiger charge is 2.28. The first-order chi connectivity index (χ1) is 6.99. The fraction of sp³-hybridized carbons (Fsp3) is 0.286. The Bertz CT molecular complexity index is 403. The second kappa shape index (κ2) is 4.80. The van der Waals surface area contributed by atoms with Crippen LogP contribution in [-0.4, -0.2) is 9.91 Å². The fourth-order valence-electron chi connectivity index (χ4n) is 0.968. The lowest BCUT2D eigenvalue weighted by Gasteiger charge is -2.05. The molecule has 0 N–H and O–H groups in total. The third kappa shape index (κ3) is 2.40. The van der Waals surface area contributed by atoms with E-state index in [4.69, 9.17) is 11.6 Å². The molecule has 0 unspecified atom stereocenters. The summed E-state index contributed by atoms with van der Waals surface area (Å²) in [6, 6.07) is 0. The van der Waals surface area contributed by atoms with Gasteiger partial charge in [-0.3, -0.25) is 0 Å². The van der Waals surface area contributed by atoms with Crippen LogP contribution in [0, 0.1) is 10.1 Å². The Kier molecular flexibility index (Phi) is 3.92. The van der Waals surface area contributed by atoms with Crippen LogP contribution >= 0.6 is 27.5 Å². The third-order valence-electron chi connectivity index (χ3n) is 1.64. The zero-order valence-electron chi connectivity index (χ0n) is 7.08. The minimum Gasteiger partial charge on any atom is -0.358 e. The molecule has 0 aromatic carbocycles. The zero-order valence-corrected chi connectivity index (χ0v) is 9.43. The molecule has 0 saturated carbocycles. The van der Waals surface area contributed by atoms with Crippen LogP contribution in [0.4, 0.5) is 14.6 Å². The van der Waals surface area contributed by atoms with Gasteiger partial charge in [0.1, 0.15) is 11.8 Å². The van der Waals surface area contributed by atoms with Gasteiger partial charge in [0.15, 0.2) is 0 Å². The first-order valence-corrected chi connectivity index (χ1v) is 5.14. The van der Waals surface area contributed by atoms with E-state index in [-0.39, 0.29) is 15.9 Å². The van der Waals surface area contributed by atoms with Gasteiger partial charge in [0.25, 0.3) is 6.43 Å². The van der Waals surface area contributed by atoms with Gasteiger partial charge in [0.05, 0.1) is 5.02 Å². The van der Waals surface area contributed by atoms with Crippen molar-refractivity contribution in [2.45, 2.75) is 11.8 Å². The van der Waals surface area contributed by atoms with Crippen molar-refractivity contribution >= 4 is 33.3 Å².